The summed E-state index contributed by atoms with van der Waals surface area (Å²) >= 11 is 0. The topological polar surface area (TPSA) is 64.3 Å². The zero-order valence-corrected chi connectivity index (χ0v) is 14.7. The molecule has 0 radical (unpaired) electrons. The van der Waals surface area contributed by atoms with Gasteiger partial charge in [0.15, 0.2) is 0 Å². The standard InChI is InChI=1S/C19H33NO2/c1-13-11-15(21)16-17(2,3)8-6-9-19(16,5)14(13)7-10-18(4,22)12-20/h12,14-16,20-22H,1,6-11H2,2-5H3. The molecule has 3 N–H and O–H groups in total. The largest absolute Gasteiger partial charge is 0.392 e. The lowest BCUT2D eigenvalue weighted by Crippen LogP contribution is -2.55. The predicted octanol–water partition coefficient (Wildman–Crippen LogP) is 3.94. The normalized spacial score (nSPS) is 40.6. The van der Waals surface area contributed by atoms with Crippen LogP contribution in [-0.2, 0) is 0 Å². The first-order valence-corrected chi connectivity index (χ1v) is 8.63. The van der Waals surface area contributed by atoms with E-state index >= 15 is 0 Å². The number of nitrogens with one attached hydrogen (secondary N) is 1. The van der Waals surface area contributed by atoms with Gasteiger partial charge < -0.3 is 15.6 Å². The predicted molar refractivity (Wildman–Crippen MR) is 91.1 cm³/mol. The first kappa shape index (κ1) is 17.7. The maximum absolute atomic E-state index is 10.7. The maximum Gasteiger partial charge on any atom is 0.0962 e. The average Bonchev–Trinajstić information content (AvgIpc) is 2.36. The Kier molecular flexibility index (Phi) is 4.63. The van der Waals surface area contributed by atoms with Crippen molar-refractivity contribution in [3.05, 3.63) is 12.2 Å². The van der Waals surface area contributed by atoms with E-state index < -0.39 is 5.60 Å². The number of fused-ring (bicyclic) bond motifs is 1. The van der Waals surface area contributed by atoms with Crippen LogP contribution in [0.3, 0.4) is 0 Å². The molecule has 0 aliphatic heterocycles. The fourth-order valence-electron chi connectivity index (χ4n) is 5.52. The minimum Gasteiger partial charge on any atom is -0.392 e. The minimum absolute atomic E-state index is 0.0502. The summed E-state index contributed by atoms with van der Waals surface area (Å²) < 4.78 is 0. The second kappa shape index (κ2) is 5.76. The fraction of sp³-hybridized carbons (Fsp3) is 0.842. The van der Waals surface area contributed by atoms with Crippen LogP contribution in [0, 0.1) is 28.1 Å². The molecule has 2 saturated carbocycles. The van der Waals surface area contributed by atoms with Crippen molar-refractivity contribution >= 4 is 6.21 Å². The van der Waals surface area contributed by atoms with Gasteiger partial charge in [0.1, 0.15) is 0 Å². The van der Waals surface area contributed by atoms with Gasteiger partial charge in [0.05, 0.1) is 11.7 Å². The van der Waals surface area contributed by atoms with Crippen LogP contribution in [-0.4, -0.2) is 28.1 Å². The number of hydrogen-bond acceptors (Lipinski definition) is 3. The van der Waals surface area contributed by atoms with Gasteiger partial charge in [-0.3, -0.25) is 0 Å². The summed E-state index contributed by atoms with van der Waals surface area (Å²) in [6, 6.07) is 0. The zero-order valence-electron chi connectivity index (χ0n) is 14.7. The molecule has 3 nitrogen and oxygen atoms in total. The van der Waals surface area contributed by atoms with Crippen molar-refractivity contribution in [2.24, 2.45) is 22.7 Å². The summed E-state index contributed by atoms with van der Waals surface area (Å²) in [5, 5.41) is 28.2. The number of aliphatic hydroxyl groups is 2. The maximum atomic E-state index is 10.7. The Labute approximate surface area is 135 Å². The second-order valence-corrected chi connectivity index (χ2v) is 8.85. The molecule has 5 atom stereocenters. The van der Waals surface area contributed by atoms with Crippen LogP contribution in [0.15, 0.2) is 12.2 Å². The van der Waals surface area contributed by atoms with Gasteiger partial charge in [-0.15, -0.1) is 0 Å². The SMILES string of the molecule is C=C1CC(O)C2C(C)(C)CCCC2(C)C1CCC(C)(O)C=N. The zero-order chi connectivity index (χ0) is 16.8. The highest BCUT2D eigenvalue weighted by atomic mass is 16.3. The third-order valence-electron chi connectivity index (χ3n) is 6.48. The summed E-state index contributed by atoms with van der Waals surface area (Å²) in [5.74, 6) is 0.612. The third-order valence-corrected chi connectivity index (χ3v) is 6.48. The summed E-state index contributed by atoms with van der Waals surface area (Å²) in [4.78, 5) is 0. The molecule has 0 bridgehead atoms. The molecule has 0 saturated heterocycles. The third kappa shape index (κ3) is 3.03. The second-order valence-electron chi connectivity index (χ2n) is 8.85. The van der Waals surface area contributed by atoms with Crippen molar-refractivity contribution in [2.45, 2.75) is 77.9 Å². The Morgan fingerprint density at radius 2 is 2.00 bits per heavy atom. The summed E-state index contributed by atoms with van der Waals surface area (Å²) in [6.07, 6.45) is 6.43. The van der Waals surface area contributed by atoms with Gasteiger partial charge >= 0.3 is 0 Å². The summed E-state index contributed by atoms with van der Waals surface area (Å²) in [6.45, 7) is 12.9. The molecule has 5 unspecified atom stereocenters. The summed E-state index contributed by atoms with van der Waals surface area (Å²) in [5.41, 5.74) is 0.292. The molecule has 0 aromatic heterocycles. The van der Waals surface area contributed by atoms with Gasteiger partial charge in [-0.1, -0.05) is 39.3 Å². The van der Waals surface area contributed by atoms with Crippen LogP contribution in [0.25, 0.3) is 0 Å². The van der Waals surface area contributed by atoms with Crippen LogP contribution >= 0.6 is 0 Å². The van der Waals surface area contributed by atoms with Gasteiger partial charge in [-0.05, 0) is 61.7 Å². The van der Waals surface area contributed by atoms with Gasteiger partial charge in [-0.2, -0.15) is 0 Å². The smallest absolute Gasteiger partial charge is 0.0962 e. The van der Waals surface area contributed by atoms with E-state index in [1.807, 2.05) is 0 Å². The Morgan fingerprint density at radius 1 is 1.36 bits per heavy atom. The molecule has 0 amide bonds. The molecule has 2 aliphatic rings. The molecular formula is C19H33NO2. The molecule has 0 aromatic rings. The molecule has 22 heavy (non-hydrogen) atoms. The monoisotopic (exact) mass is 307 g/mol. The Morgan fingerprint density at radius 3 is 2.59 bits per heavy atom. The number of aliphatic hydroxyl groups excluding tert-OH is 1. The van der Waals surface area contributed by atoms with E-state index in [4.69, 9.17) is 5.41 Å². The molecular weight excluding hydrogens is 274 g/mol. The number of hydrogen-bond donors (Lipinski definition) is 3. The number of rotatable bonds is 4. The molecule has 0 spiro atoms. The molecule has 2 rings (SSSR count). The highest BCUT2D eigenvalue weighted by molar-refractivity contribution is 5.63. The first-order valence-electron chi connectivity index (χ1n) is 8.63. The quantitative estimate of drug-likeness (QED) is 0.544. The van der Waals surface area contributed by atoms with Crippen LogP contribution in [0.1, 0.15) is 66.2 Å². The van der Waals surface area contributed by atoms with Crippen LogP contribution < -0.4 is 0 Å². The van der Waals surface area contributed by atoms with Crippen molar-refractivity contribution in [2.75, 3.05) is 0 Å². The van der Waals surface area contributed by atoms with Crippen molar-refractivity contribution in [1.82, 2.24) is 0 Å². The van der Waals surface area contributed by atoms with Gasteiger partial charge in [0.2, 0.25) is 0 Å². The van der Waals surface area contributed by atoms with Crippen LogP contribution in [0.4, 0.5) is 0 Å². The fourth-order valence-corrected chi connectivity index (χ4v) is 5.52. The van der Waals surface area contributed by atoms with Gasteiger partial charge in [-0.25, -0.2) is 0 Å². The van der Waals surface area contributed by atoms with Gasteiger partial charge in [0, 0.05) is 6.21 Å². The van der Waals surface area contributed by atoms with Crippen molar-refractivity contribution in [3.63, 3.8) is 0 Å². The lowest BCUT2D eigenvalue weighted by Gasteiger charge is -2.59. The highest BCUT2D eigenvalue weighted by Gasteiger charge is 2.56. The average molecular weight is 307 g/mol. The lowest BCUT2D eigenvalue weighted by molar-refractivity contribution is -0.123. The minimum atomic E-state index is -1.04. The van der Waals surface area contributed by atoms with Crippen LogP contribution in [0.2, 0.25) is 0 Å². The van der Waals surface area contributed by atoms with E-state index in [9.17, 15) is 10.2 Å². The van der Waals surface area contributed by atoms with E-state index in [0.29, 0.717) is 18.8 Å². The van der Waals surface area contributed by atoms with Crippen LogP contribution in [0.5, 0.6) is 0 Å². The van der Waals surface area contributed by atoms with E-state index in [1.165, 1.54) is 12.8 Å². The van der Waals surface area contributed by atoms with E-state index in [2.05, 4.69) is 27.4 Å². The molecule has 0 heterocycles. The molecule has 2 fully saturated rings. The molecule has 2 aliphatic carbocycles. The first-order chi connectivity index (χ1) is 10.0. The highest BCUT2D eigenvalue weighted by Crippen LogP contribution is 2.61. The Balaban J connectivity index is 2.28. The molecule has 3 heteroatoms. The Hall–Kier alpha value is -0.670. The van der Waals surface area contributed by atoms with Crippen molar-refractivity contribution < 1.29 is 10.2 Å². The molecule has 126 valence electrons. The van der Waals surface area contributed by atoms with E-state index in [1.54, 1.807) is 6.92 Å². The van der Waals surface area contributed by atoms with E-state index in [-0.39, 0.29) is 22.9 Å². The summed E-state index contributed by atoms with van der Waals surface area (Å²) in [7, 11) is 0. The van der Waals surface area contributed by atoms with Crippen molar-refractivity contribution in [3.8, 4) is 0 Å². The van der Waals surface area contributed by atoms with Gasteiger partial charge in [0.25, 0.3) is 0 Å². The molecule has 0 aromatic carbocycles. The van der Waals surface area contributed by atoms with E-state index in [0.717, 1.165) is 24.6 Å². The van der Waals surface area contributed by atoms with Crippen molar-refractivity contribution in [1.29, 1.82) is 5.41 Å². The lowest BCUT2D eigenvalue weighted by atomic mass is 9.46. The Bertz CT molecular complexity index is 454.